The third-order valence-electron chi connectivity index (χ3n) is 5.08. The Kier molecular flexibility index (Phi) is 8.45. The van der Waals surface area contributed by atoms with Crippen molar-refractivity contribution in [2.45, 2.75) is 46.6 Å². The Morgan fingerprint density at radius 1 is 1.19 bits per heavy atom. The quantitative estimate of drug-likeness (QED) is 0.690. The summed E-state index contributed by atoms with van der Waals surface area (Å²) in [4.78, 5) is 11.7. The Labute approximate surface area is 159 Å². The predicted octanol–water partition coefficient (Wildman–Crippen LogP) is 2.70. The highest BCUT2D eigenvalue weighted by atomic mass is 16.5. The highest BCUT2D eigenvalue weighted by Crippen LogP contribution is 2.23. The van der Waals surface area contributed by atoms with Crippen molar-refractivity contribution in [1.29, 1.82) is 0 Å². The minimum Gasteiger partial charge on any atom is -0.476 e. The summed E-state index contributed by atoms with van der Waals surface area (Å²) in [6.07, 6.45) is 2.22. The van der Waals surface area contributed by atoms with Gasteiger partial charge in [0.2, 0.25) is 5.88 Å². The van der Waals surface area contributed by atoms with Crippen molar-refractivity contribution in [3.8, 4) is 5.88 Å². The first-order chi connectivity index (χ1) is 12.6. The van der Waals surface area contributed by atoms with Crippen LogP contribution < -0.4 is 15.4 Å². The molecule has 1 fully saturated rings. The van der Waals surface area contributed by atoms with Crippen molar-refractivity contribution in [1.82, 2.24) is 14.8 Å². The Bertz CT molecular complexity index is 533. The number of hydrogen-bond acceptors (Lipinski definition) is 6. The van der Waals surface area contributed by atoms with Gasteiger partial charge in [-0.2, -0.15) is 4.98 Å². The molecule has 6 heteroatoms. The van der Waals surface area contributed by atoms with Gasteiger partial charge in [-0.15, -0.1) is 0 Å². The van der Waals surface area contributed by atoms with E-state index in [1.165, 1.54) is 0 Å². The van der Waals surface area contributed by atoms with Gasteiger partial charge in [0.25, 0.3) is 0 Å². The normalized spacial score (nSPS) is 18.8. The Morgan fingerprint density at radius 2 is 1.92 bits per heavy atom. The minimum absolute atomic E-state index is 0.527. The van der Waals surface area contributed by atoms with Crippen molar-refractivity contribution in [3.63, 3.8) is 0 Å². The largest absolute Gasteiger partial charge is 0.476 e. The lowest BCUT2D eigenvalue weighted by molar-refractivity contribution is 0.0743. The molecule has 0 spiro atoms. The molecule has 0 bridgehead atoms. The molecule has 1 saturated heterocycles. The number of nitrogens with two attached hydrogens (primary N) is 1. The molecule has 2 heterocycles. The molecule has 2 rings (SSSR count). The number of nitrogen functional groups attached to an aromatic ring is 1. The fraction of sp³-hybridized carbons (Fsp3) is 0.750. The molecule has 1 aromatic rings. The third kappa shape index (κ3) is 6.02. The van der Waals surface area contributed by atoms with Crippen LogP contribution in [0.4, 0.5) is 11.5 Å². The SMILES string of the molecule is CCCN(CCC)c1cc(N)nc(OCCN2CCN(CC)CC2C)c1. The molecule has 1 aliphatic heterocycles. The molecule has 1 aromatic heterocycles. The Balaban J connectivity index is 1.91. The fourth-order valence-corrected chi connectivity index (χ4v) is 3.64. The first kappa shape index (κ1) is 20.8. The highest BCUT2D eigenvalue weighted by molar-refractivity contribution is 5.55. The molecule has 0 saturated carbocycles. The standard InChI is InChI=1S/C20H37N5O/c1-5-8-25(9-6-2)18-14-19(21)22-20(15-18)26-13-12-24-11-10-23(7-3)16-17(24)4/h14-15,17H,5-13,16H2,1-4H3,(H2,21,22). The van der Waals surface area contributed by atoms with E-state index in [0.717, 1.165) is 64.3 Å². The minimum atomic E-state index is 0.527. The van der Waals surface area contributed by atoms with Gasteiger partial charge in [0.1, 0.15) is 12.4 Å². The van der Waals surface area contributed by atoms with E-state index in [0.29, 0.717) is 24.3 Å². The monoisotopic (exact) mass is 363 g/mol. The summed E-state index contributed by atoms with van der Waals surface area (Å²) in [5, 5.41) is 0. The molecule has 0 amide bonds. The molecule has 0 radical (unpaired) electrons. The summed E-state index contributed by atoms with van der Waals surface area (Å²) in [5.74, 6) is 1.16. The maximum atomic E-state index is 6.02. The molecule has 0 aliphatic carbocycles. The van der Waals surface area contributed by atoms with E-state index in [1.54, 1.807) is 0 Å². The molecule has 6 nitrogen and oxygen atoms in total. The number of nitrogens with zero attached hydrogens (tertiary/aromatic N) is 4. The van der Waals surface area contributed by atoms with Crippen LogP contribution >= 0.6 is 0 Å². The topological polar surface area (TPSA) is 57.9 Å². The Hall–Kier alpha value is -1.53. The van der Waals surface area contributed by atoms with Crippen LogP contribution in [-0.2, 0) is 0 Å². The number of piperazine rings is 1. The molecule has 26 heavy (non-hydrogen) atoms. The number of likely N-dealkylation sites (N-methyl/N-ethyl adjacent to an activating group) is 1. The van der Waals surface area contributed by atoms with Crippen molar-refractivity contribution in [3.05, 3.63) is 12.1 Å². The zero-order valence-corrected chi connectivity index (χ0v) is 17.1. The van der Waals surface area contributed by atoms with Crippen LogP contribution in [0.25, 0.3) is 0 Å². The second-order valence-corrected chi connectivity index (χ2v) is 7.20. The first-order valence-corrected chi connectivity index (χ1v) is 10.2. The Morgan fingerprint density at radius 3 is 2.54 bits per heavy atom. The fourth-order valence-electron chi connectivity index (χ4n) is 3.64. The number of aromatic nitrogens is 1. The van der Waals surface area contributed by atoms with Gasteiger partial charge in [0.15, 0.2) is 0 Å². The van der Waals surface area contributed by atoms with Gasteiger partial charge >= 0.3 is 0 Å². The van der Waals surface area contributed by atoms with E-state index in [4.69, 9.17) is 10.5 Å². The zero-order chi connectivity index (χ0) is 18.9. The third-order valence-corrected chi connectivity index (χ3v) is 5.08. The van der Waals surface area contributed by atoms with Crippen molar-refractivity contribution < 1.29 is 4.74 Å². The smallest absolute Gasteiger partial charge is 0.217 e. The molecule has 2 N–H and O–H groups in total. The molecule has 1 aliphatic rings. The summed E-state index contributed by atoms with van der Waals surface area (Å²) < 4.78 is 5.97. The van der Waals surface area contributed by atoms with Gasteiger partial charge in [0, 0.05) is 63.1 Å². The number of ether oxygens (including phenoxy) is 1. The van der Waals surface area contributed by atoms with Crippen LogP contribution in [0.3, 0.4) is 0 Å². The van der Waals surface area contributed by atoms with Gasteiger partial charge in [-0.25, -0.2) is 0 Å². The second-order valence-electron chi connectivity index (χ2n) is 7.20. The van der Waals surface area contributed by atoms with Crippen LogP contribution in [-0.4, -0.2) is 73.2 Å². The highest BCUT2D eigenvalue weighted by Gasteiger charge is 2.22. The van der Waals surface area contributed by atoms with E-state index in [1.807, 2.05) is 12.1 Å². The molecular weight excluding hydrogens is 326 g/mol. The lowest BCUT2D eigenvalue weighted by atomic mass is 10.2. The lowest BCUT2D eigenvalue weighted by Gasteiger charge is -2.39. The van der Waals surface area contributed by atoms with E-state index in [2.05, 4.69) is 47.4 Å². The number of hydrogen-bond donors (Lipinski definition) is 1. The molecule has 1 atom stereocenters. The van der Waals surface area contributed by atoms with E-state index in [-0.39, 0.29) is 0 Å². The summed E-state index contributed by atoms with van der Waals surface area (Å²) in [6, 6.07) is 4.55. The zero-order valence-electron chi connectivity index (χ0n) is 17.1. The molecule has 1 unspecified atom stereocenters. The van der Waals surface area contributed by atoms with Crippen LogP contribution in [0.2, 0.25) is 0 Å². The average molecular weight is 364 g/mol. The second kappa shape index (κ2) is 10.6. The number of rotatable bonds is 10. The summed E-state index contributed by atoms with van der Waals surface area (Å²) in [5.41, 5.74) is 7.14. The van der Waals surface area contributed by atoms with E-state index < -0.39 is 0 Å². The van der Waals surface area contributed by atoms with Gasteiger partial charge in [-0.05, 0) is 26.3 Å². The van der Waals surface area contributed by atoms with Crippen molar-refractivity contribution in [2.75, 3.05) is 63.1 Å². The predicted molar refractivity (Wildman–Crippen MR) is 110 cm³/mol. The molecule has 0 aromatic carbocycles. The summed E-state index contributed by atoms with van der Waals surface area (Å²) in [6.45, 7) is 17.1. The summed E-state index contributed by atoms with van der Waals surface area (Å²) in [7, 11) is 0. The number of pyridine rings is 1. The number of anilines is 2. The van der Waals surface area contributed by atoms with Gasteiger partial charge in [-0.3, -0.25) is 4.90 Å². The summed E-state index contributed by atoms with van der Waals surface area (Å²) >= 11 is 0. The van der Waals surface area contributed by atoms with Crippen molar-refractivity contribution in [2.24, 2.45) is 0 Å². The van der Waals surface area contributed by atoms with Crippen LogP contribution in [0.1, 0.15) is 40.5 Å². The van der Waals surface area contributed by atoms with Crippen LogP contribution in [0.15, 0.2) is 12.1 Å². The molecule has 148 valence electrons. The average Bonchev–Trinajstić information content (AvgIpc) is 2.62. The van der Waals surface area contributed by atoms with Gasteiger partial charge in [-0.1, -0.05) is 20.8 Å². The maximum Gasteiger partial charge on any atom is 0.217 e. The maximum absolute atomic E-state index is 6.02. The lowest BCUT2D eigenvalue weighted by Crippen LogP contribution is -2.52. The van der Waals surface area contributed by atoms with Crippen molar-refractivity contribution >= 4 is 11.5 Å². The van der Waals surface area contributed by atoms with Crippen LogP contribution in [0, 0.1) is 0 Å². The van der Waals surface area contributed by atoms with Crippen LogP contribution in [0.5, 0.6) is 5.88 Å². The molecular formula is C20H37N5O. The van der Waals surface area contributed by atoms with E-state index in [9.17, 15) is 0 Å². The van der Waals surface area contributed by atoms with E-state index >= 15 is 0 Å². The van der Waals surface area contributed by atoms with Gasteiger partial charge < -0.3 is 20.3 Å². The first-order valence-electron chi connectivity index (χ1n) is 10.2. The van der Waals surface area contributed by atoms with Gasteiger partial charge in [0.05, 0.1) is 0 Å².